The van der Waals surface area contributed by atoms with Gasteiger partial charge in [-0.3, -0.25) is 19.3 Å². The summed E-state index contributed by atoms with van der Waals surface area (Å²) in [6.07, 6.45) is 2.00. The van der Waals surface area contributed by atoms with Gasteiger partial charge < -0.3 is 32.0 Å². The van der Waals surface area contributed by atoms with Gasteiger partial charge in [0.15, 0.2) is 10.8 Å². The van der Waals surface area contributed by atoms with E-state index in [0.29, 0.717) is 36.3 Å². The molecular weight excluding hydrogens is 569 g/mol. The summed E-state index contributed by atoms with van der Waals surface area (Å²) in [7, 11) is 0. The number of likely N-dealkylation sites (tertiary alicyclic amines) is 1. The summed E-state index contributed by atoms with van der Waals surface area (Å²) in [4.78, 5) is 57.6. The molecule has 3 amide bonds. The summed E-state index contributed by atoms with van der Waals surface area (Å²) < 4.78 is 0. The minimum atomic E-state index is -1.31. The number of benzene rings is 1. The van der Waals surface area contributed by atoms with Crippen molar-refractivity contribution in [2.45, 2.75) is 24.4 Å². The topological polar surface area (TPSA) is 205 Å². The fraction of sp³-hybridized carbons (Fsp3) is 0.250. The number of nitrogens with two attached hydrogens (primary N) is 2. The van der Waals surface area contributed by atoms with E-state index in [1.807, 2.05) is 12.1 Å². The first-order chi connectivity index (χ1) is 18.7. The van der Waals surface area contributed by atoms with Crippen LogP contribution in [0.4, 0.5) is 10.8 Å². The average molecular weight is 594 g/mol. The van der Waals surface area contributed by atoms with Gasteiger partial charge in [-0.1, -0.05) is 17.3 Å². The van der Waals surface area contributed by atoms with Crippen molar-refractivity contribution in [2.75, 3.05) is 23.8 Å². The molecule has 0 unspecified atom stereocenters. The van der Waals surface area contributed by atoms with E-state index >= 15 is 0 Å². The minimum absolute atomic E-state index is 0. The molecule has 1 aromatic carbocycles. The number of carboxylic acid groups (broad SMARTS) is 1. The molecule has 13 nitrogen and oxygen atoms in total. The zero-order valence-electron chi connectivity index (χ0n) is 20.2. The Hall–Kier alpha value is -3.37. The van der Waals surface area contributed by atoms with E-state index in [4.69, 9.17) is 11.5 Å². The molecule has 1 aromatic heterocycles. The van der Waals surface area contributed by atoms with Gasteiger partial charge in [-0.2, -0.15) is 0 Å². The van der Waals surface area contributed by atoms with E-state index < -0.39 is 34.9 Å². The molecule has 0 bridgehead atoms. The number of fused-ring (bicyclic) bond motifs is 1. The number of carbonyl (C=O) groups excluding carboxylic acids is 3. The number of allylic oxidation sites excluding steroid dienone is 1. The summed E-state index contributed by atoms with van der Waals surface area (Å²) >= 11 is 2.30. The van der Waals surface area contributed by atoms with Crippen LogP contribution >= 0.6 is 23.1 Å². The summed E-state index contributed by atoms with van der Waals surface area (Å²) in [6.45, 7) is 0.882. The number of β-lactam (4-membered cyclic amide) rings is 1. The van der Waals surface area contributed by atoms with Gasteiger partial charge in [0.1, 0.15) is 22.8 Å². The molecule has 2 atom stereocenters. The van der Waals surface area contributed by atoms with Gasteiger partial charge in [-0.15, -0.1) is 23.1 Å². The van der Waals surface area contributed by atoms with Crippen LogP contribution in [0, 0.1) is 0 Å². The first-order valence-electron chi connectivity index (χ1n) is 11.7. The van der Waals surface area contributed by atoms with Crippen molar-refractivity contribution in [2.24, 2.45) is 5.16 Å². The van der Waals surface area contributed by atoms with E-state index in [-0.39, 0.29) is 57.7 Å². The number of nitrogen functional groups attached to an aromatic ring is 2. The number of rotatable bonds is 7. The monoisotopic (exact) mass is 593 g/mol. The maximum atomic E-state index is 13.0. The molecule has 5 rings (SSSR count). The van der Waals surface area contributed by atoms with Gasteiger partial charge in [0, 0.05) is 35.5 Å². The van der Waals surface area contributed by atoms with Crippen LogP contribution in [0.5, 0.6) is 0 Å². The molecule has 0 aliphatic carbocycles. The summed E-state index contributed by atoms with van der Waals surface area (Å²) in [6, 6.07) is 6.18. The van der Waals surface area contributed by atoms with Gasteiger partial charge in [-0.05, 0) is 35.8 Å². The molecule has 4 heterocycles. The van der Waals surface area contributed by atoms with Crippen LogP contribution in [0.25, 0.3) is 0 Å². The normalized spacial score (nSPS) is 21.7. The second kappa shape index (κ2) is 12.0. The summed E-state index contributed by atoms with van der Waals surface area (Å²) in [5.74, 6) is -2.79. The van der Waals surface area contributed by atoms with Gasteiger partial charge >= 0.3 is 35.5 Å². The van der Waals surface area contributed by atoms with Crippen molar-refractivity contribution in [3.8, 4) is 0 Å². The van der Waals surface area contributed by atoms with Crippen LogP contribution < -0.4 is 16.8 Å². The molecule has 40 heavy (non-hydrogen) atoms. The number of thioether (sulfide) groups is 1. The van der Waals surface area contributed by atoms with Crippen LogP contribution in [-0.4, -0.2) is 108 Å². The number of nitrogens with one attached hydrogen (secondary N) is 1. The fourth-order valence-corrected chi connectivity index (χ4v) is 6.43. The van der Waals surface area contributed by atoms with Crippen molar-refractivity contribution in [3.05, 3.63) is 63.8 Å². The van der Waals surface area contributed by atoms with E-state index in [9.17, 15) is 29.5 Å². The second-order valence-corrected chi connectivity index (χ2v) is 10.9. The number of hydrogen-bond acceptors (Lipinski definition) is 11. The third kappa shape index (κ3) is 5.60. The molecule has 2 aromatic rings. The number of carboxylic acids is 1. The van der Waals surface area contributed by atoms with Crippen molar-refractivity contribution < 1.29 is 29.5 Å². The Morgan fingerprint density at radius 3 is 2.58 bits per heavy atom. The van der Waals surface area contributed by atoms with Crippen molar-refractivity contribution in [1.29, 1.82) is 0 Å². The van der Waals surface area contributed by atoms with Crippen LogP contribution in [0.15, 0.2) is 57.7 Å². The Bertz CT molecular complexity index is 1470. The van der Waals surface area contributed by atoms with Gasteiger partial charge in [-0.25, -0.2) is 9.78 Å². The van der Waals surface area contributed by atoms with Crippen molar-refractivity contribution in [3.63, 3.8) is 0 Å². The fourth-order valence-electron chi connectivity index (χ4n) is 4.58. The third-order valence-corrected chi connectivity index (χ3v) is 8.46. The molecule has 3 aliphatic heterocycles. The summed E-state index contributed by atoms with van der Waals surface area (Å²) in [5.41, 5.74) is 13.0. The van der Waals surface area contributed by atoms with E-state index in [0.717, 1.165) is 21.8 Å². The second-order valence-electron chi connectivity index (χ2n) is 8.95. The molecule has 7 N–H and O–H groups in total. The van der Waals surface area contributed by atoms with Gasteiger partial charge in [0.2, 0.25) is 5.91 Å². The first-order valence-corrected chi connectivity index (χ1v) is 13.6. The van der Waals surface area contributed by atoms with Crippen LogP contribution in [0.3, 0.4) is 0 Å². The number of oxime groups is 1. The molecule has 204 valence electrons. The Morgan fingerprint density at radius 2 is 1.95 bits per heavy atom. The number of anilines is 2. The SMILES string of the molecule is Nc1ccc(CN2CC/C(=C\C3=C(C(=O)O)N4C(=O)[C@@H](NC(=O)/C(=N\O)c5csc(N)n5)[C@H]4SC3)C2=O)cc1.[NaH]. The summed E-state index contributed by atoms with van der Waals surface area (Å²) in [5, 5.41) is 25.6. The molecule has 0 radical (unpaired) electrons. The number of aliphatic carboxylic acids is 1. The zero-order chi connectivity index (χ0) is 27.8. The Labute approximate surface area is 258 Å². The number of carbonyl (C=O) groups is 4. The maximum absolute atomic E-state index is 13.0. The van der Waals surface area contributed by atoms with E-state index in [2.05, 4.69) is 15.5 Å². The Kier molecular flexibility index (Phi) is 8.90. The quantitative estimate of drug-likeness (QED) is 0.0550. The zero-order valence-corrected chi connectivity index (χ0v) is 21.9. The van der Waals surface area contributed by atoms with Crippen LogP contribution in [0.1, 0.15) is 17.7 Å². The molecule has 16 heteroatoms. The predicted molar refractivity (Wildman–Crippen MR) is 151 cm³/mol. The molecule has 2 fully saturated rings. The Morgan fingerprint density at radius 1 is 1.23 bits per heavy atom. The standard InChI is InChI=1S/C24H23N7O6S2.Na.H/c25-14-3-1-11(2-4-14)8-30-6-5-12(20(30)33)7-13-9-38-22-17(21(34)31(22)18(13)23(35)36)28-19(32)16(29-37)15-10-39-24(26)27-15;;/h1-4,7,10,17,22,37H,5-6,8-9,25H2,(H2,26,27)(H,28,32)(H,35,36);;/b12-7+,29-16-;;/t17-,22-;;/m1../s1. The average Bonchev–Trinajstić information content (AvgIpc) is 3.49. The molecule has 3 aliphatic rings. The molecule has 0 saturated carbocycles. The first kappa shape index (κ1) is 29.6. The molecule has 0 spiro atoms. The van der Waals surface area contributed by atoms with Crippen LogP contribution in [0.2, 0.25) is 0 Å². The predicted octanol–water partition coefficient (Wildman–Crippen LogP) is -0.0652. The van der Waals surface area contributed by atoms with Crippen molar-refractivity contribution in [1.82, 2.24) is 20.1 Å². The van der Waals surface area contributed by atoms with Crippen molar-refractivity contribution >= 4 is 92.9 Å². The van der Waals surface area contributed by atoms with E-state index in [1.165, 1.54) is 17.1 Å². The number of thiazole rings is 1. The number of nitrogens with zero attached hydrogens (tertiary/aromatic N) is 4. The van der Waals surface area contributed by atoms with Gasteiger partial charge in [0.05, 0.1) is 0 Å². The van der Waals surface area contributed by atoms with Gasteiger partial charge in [0.25, 0.3) is 11.8 Å². The Balaban J connectivity index is 0.00000370. The van der Waals surface area contributed by atoms with E-state index in [1.54, 1.807) is 23.1 Å². The molecule has 2 saturated heterocycles. The number of aromatic nitrogens is 1. The number of hydrogen-bond donors (Lipinski definition) is 5. The number of amides is 3. The molecular formula is C24H24N7NaO6S2. The third-order valence-electron chi connectivity index (χ3n) is 6.48. The van der Waals surface area contributed by atoms with Crippen LogP contribution in [-0.2, 0) is 25.7 Å².